The number of benzene rings is 2. The van der Waals surface area contributed by atoms with Crippen LogP contribution in [0.3, 0.4) is 0 Å². The highest BCUT2D eigenvalue weighted by Gasteiger charge is 2.07. The molecule has 3 aromatic rings. The van der Waals surface area contributed by atoms with Crippen molar-refractivity contribution in [1.82, 2.24) is 15.3 Å². The van der Waals surface area contributed by atoms with Crippen molar-refractivity contribution >= 4 is 22.6 Å². The Kier molecular flexibility index (Phi) is 5.18. The maximum atomic E-state index is 12.9. The van der Waals surface area contributed by atoms with Gasteiger partial charge >= 0.3 is 0 Å². The molecule has 1 heterocycles. The standard InChI is InChI=1S/C19H19FN4O/c1-2-17-23-16-6-4-3-5-15(16)18(24-17)21-11-12-22-19(25)13-7-9-14(20)10-8-13/h3-10H,2,11-12H2,1H3,(H,22,25)(H,21,23,24). The third-order valence-corrected chi connectivity index (χ3v) is 3.78. The Morgan fingerprint density at radius 1 is 1.04 bits per heavy atom. The first kappa shape index (κ1) is 16.8. The maximum absolute atomic E-state index is 12.9. The second-order valence-electron chi connectivity index (χ2n) is 5.55. The third kappa shape index (κ3) is 4.09. The molecule has 0 bridgehead atoms. The zero-order valence-corrected chi connectivity index (χ0v) is 13.9. The van der Waals surface area contributed by atoms with Gasteiger partial charge in [0, 0.05) is 30.5 Å². The minimum absolute atomic E-state index is 0.233. The monoisotopic (exact) mass is 338 g/mol. The first-order chi connectivity index (χ1) is 12.2. The van der Waals surface area contributed by atoms with E-state index in [1.165, 1.54) is 24.3 Å². The van der Waals surface area contributed by atoms with E-state index in [0.717, 1.165) is 29.0 Å². The first-order valence-electron chi connectivity index (χ1n) is 8.20. The molecule has 0 fully saturated rings. The van der Waals surface area contributed by atoms with E-state index in [1.807, 2.05) is 31.2 Å². The Morgan fingerprint density at radius 3 is 2.56 bits per heavy atom. The van der Waals surface area contributed by atoms with Crippen molar-refractivity contribution in [3.05, 3.63) is 65.7 Å². The van der Waals surface area contributed by atoms with Gasteiger partial charge in [-0.3, -0.25) is 4.79 Å². The average Bonchev–Trinajstić information content (AvgIpc) is 2.65. The van der Waals surface area contributed by atoms with Gasteiger partial charge in [0.1, 0.15) is 17.5 Å². The van der Waals surface area contributed by atoms with E-state index in [1.54, 1.807) is 0 Å². The van der Waals surface area contributed by atoms with Gasteiger partial charge in [-0.2, -0.15) is 0 Å². The lowest BCUT2D eigenvalue weighted by Crippen LogP contribution is -2.29. The lowest BCUT2D eigenvalue weighted by atomic mass is 10.2. The number of aryl methyl sites for hydroxylation is 1. The number of amides is 1. The van der Waals surface area contributed by atoms with Crippen molar-refractivity contribution in [3.63, 3.8) is 0 Å². The number of halogens is 1. The predicted molar refractivity (Wildman–Crippen MR) is 96.1 cm³/mol. The van der Waals surface area contributed by atoms with E-state index < -0.39 is 0 Å². The number of para-hydroxylation sites is 1. The lowest BCUT2D eigenvalue weighted by molar-refractivity contribution is 0.0955. The minimum atomic E-state index is -0.361. The van der Waals surface area contributed by atoms with E-state index in [2.05, 4.69) is 20.6 Å². The predicted octanol–water partition coefficient (Wildman–Crippen LogP) is 3.17. The van der Waals surface area contributed by atoms with E-state index >= 15 is 0 Å². The lowest BCUT2D eigenvalue weighted by Gasteiger charge is -2.11. The quantitative estimate of drug-likeness (QED) is 0.678. The van der Waals surface area contributed by atoms with Crippen LogP contribution in [0.25, 0.3) is 10.9 Å². The molecule has 0 atom stereocenters. The second-order valence-corrected chi connectivity index (χ2v) is 5.55. The molecule has 0 unspecified atom stereocenters. The summed E-state index contributed by atoms with van der Waals surface area (Å²) < 4.78 is 12.9. The van der Waals surface area contributed by atoms with Gasteiger partial charge in [0.15, 0.2) is 0 Å². The number of carbonyl (C=O) groups is 1. The van der Waals surface area contributed by atoms with E-state index in [0.29, 0.717) is 18.7 Å². The van der Waals surface area contributed by atoms with Gasteiger partial charge in [0.05, 0.1) is 5.52 Å². The number of hydrogen-bond donors (Lipinski definition) is 2. The summed E-state index contributed by atoms with van der Waals surface area (Å²) in [5.74, 6) is 0.944. The normalized spacial score (nSPS) is 10.6. The summed E-state index contributed by atoms with van der Waals surface area (Å²) in [4.78, 5) is 21.0. The number of fused-ring (bicyclic) bond motifs is 1. The van der Waals surface area contributed by atoms with Gasteiger partial charge in [0.25, 0.3) is 5.91 Å². The third-order valence-electron chi connectivity index (χ3n) is 3.78. The fourth-order valence-electron chi connectivity index (χ4n) is 2.48. The van der Waals surface area contributed by atoms with Crippen LogP contribution in [0.1, 0.15) is 23.1 Å². The molecule has 0 radical (unpaired) electrons. The molecule has 3 rings (SSSR count). The van der Waals surface area contributed by atoms with Crippen molar-refractivity contribution in [2.75, 3.05) is 18.4 Å². The number of nitrogens with zero attached hydrogens (tertiary/aromatic N) is 2. The Balaban J connectivity index is 1.61. The smallest absolute Gasteiger partial charge is 0.251 e. The Labute approximate surface area is 145 Å². The van der Waals surface area contributed by atoms with Crippen molar-refractivity contribution < 1.29 is 9.18 Å². The highest BCUT2D eigenvalue weighted by molar-refractivity contribution is 5.94. The van der Waals surface area contributed by atoms with Gasteiger partial charge in [-0.05, 0) is 36.4 Å². The Morgan fingerprint density at radius 2 is 1.80 bits per heavy atom. The summed E-state index contributed by atoms with van der Waals surface area (Å²) >= 11 is 0. The number of carbonyl (C=O) groups excluding carboxylic acids is 1. The molecule has 1 amide bonds. The molecule has 0 saturated heterocycles. The van der Waals surface area contributed by atoms with Crippen molar-refractivity contribution in [1.29, 1.82) is 0 Å². The van der Waals surface area contributed by atoms with Gasteiger partial charge in [-0.25, -0.2) is 14.4 Å². The fourth-order valence-corrected chi connectivity index (χ4v) is 2.48. The van der Waals surface area contributed by atoms with Crippen LogP contribution >= 0.6 is 0 Å². The molecule has 1 aromatic heterocycles. The van der Waals surface area contributed by atoms with Gasteiger partial charge < -0.3 is 10.6 Å². The van der Waals surface area contributed by atoms with Crippen LogP contribution in [-0.2, 0) is 6.42 Å². The minimum Gasteiger partial charge on any atom is -0.368 e. The van der Waals surface area contributed by atoms with Crippen LogP contribution < -0.4 is 10.6 Å². The summed E-state index contributed by atoms with van der Waals surface area (Å²) in [6.07, 6.45) is 0.751. The number of hydrogen-bond acceptors (Lipinski definition) is 4. The number of anilines is 1. The summed E-state index contributed by atoms with van der Waals surface area (Å²) in [7, 11) is 0. The molecule has 6 heteroatoms. The summed E-state index contributed by atoms with van der Waals surface area (Å²) in [6.45, 7) is 2.96. The molecule has 25 heavy (non-hydrogen) atoms. The van der Waals surface area contributed by atoms with Crippen LogP contribution in [0.2, 0.25) is 0 Å². The summed E-state index contributed by atoms with van der Waals surface area (Å²) in [5.41, 5.74) is 1.33. The van der Waals surface area contributed by atoms with Crippen LogP contribution in [-0.4, -0.2) is 29.0 Å². The molecule has 2 aromatic carbocycles. The molecule has 0 aliphatic carbocycles. The summed E-state index contributed by atoms with van der Waals surface area (Å²) in [5, 5.41) is 7.00. The molecule has 2 N–H and O–H groups in total. The number of nitrogens with one attached hydrogen (secondary N) is 2. The molecule has 0 saturated carbocycles. The van der Waals surface area contributed by atoms with Crippen LogP contribution in [0, 0.1) is 5.82 Å². The first-order valence-corrected chi connectivity index (χ1v) is 8.20. The van der Waals surface area contributed by atoms with Crippen molar-refractivity contribution in [2.24, 2.45) is 0 Å². The largest absolute Gasteiger partial charge is 0.368 e. The molecular formula is C19H19FN4O. The van der Waals surface area contributed by atoms with E-state index in [-0.39, 0.29) is 11.7 Å². The Hall–Kier alpha value is -3.02. The van der Waals surface area contributed by atoms with Gasteiger partial charge in [-0.1, -0.05) is 19.1 Å². The average molecular weight is 338 g/mol. The molecule has 0 spiro atoms. The van der Waals surface area contributed by atoms with Crippen LogP contribution in [0.15, 0.2) is 48.5 Å². The zero-order chi connectivity index (χ0) is 17.6. The van der Waals surface area contributed by atoms with Gasteiger partial charge in [0.2, 0.25) is 0 Å². The highest BCUT2D eigenvalue weighted by atomic mass is 19.1. The molecule has 0 aliphatic heterocycles. The highest BCUT2D eigenvalue weighted by Crippen LogP contribution is 2.19. The topological polar surface area (TPSA) is 66.9 Å². The van der Waals surface area contributed by atoms with Crippen molar-refractivity contribution in [2.45, 2.75) is 13.3 Å². The molecule has 5 nitrogen and oxygen atoms in total. The molecule has 0 aliphatic rings. The van der Waals surface area contributed by atoms with Gasteiger partial charge in [-0.15, -0.1) is 0 Å². The van der Waals surface area contributed by atoms with Crippen LogP contribution in [0.5, 0.6) is 0 Å². The molecular weight excluding hydrogens is 319 g/mol. The zero-order valence-electron chi connectivity index (χ0n) is 13.9. The molecule has 128 valence electrons. The van der Waals surface area contributed by atoms with E-state index in [4.69, 9.17) is 0 Å². The van der Waals surface area contributed by atoms with Crippen molar-refractivity contribution in [3.8, 4) is 0 Å². The maximum Gasteiger partial charge on any atom is 0.251 e. The fraction of sp³-hybridized carbons (Fsp3) is 0.211. The Bertz CT molecular complexity index is 880. The SMILES string of the molecule is CCc1nc(NCCNC(=O)c2ccc(F)cc2)c2ccccc2n1. The summed E-state index contributed by atoms with van der Waals surface area (Å²) in [6, 6.07) is 13.3. The number of aromatic nitrogens is 2. The second kappa shape index (κ2) is 7.70. The van der Waals surface area contributed by atoms with Crippen LogP contribution in [0.4, 0.5) is 10.2 Å². The van der Waals surface area contributed by atoms with E-state index in [9.17, 15) is 9.18 Å². The number of rotatable bonds is 6.